The Kier molecular flexibility index (Phi) is 4.45. The highest BCUT2D eigenvalue weighted by Crippen LogP contribution is 2.16. The number of rotatable bonds is 5. The Balaban J connectivity index is 1.84. The third-order valence-corrected chi connectivity index (χ3v) is 3.54. The van der Waals surface area contributed by atoms with E-state index in [1.54, 1.807) is 13.3 Å². The number of aliphatic hydroxyl groups is 1. The highest BCUT2D eigenvalue weighted by molar-refractivity contribution is 5.82. The lowest BCUT2D eigenvalue weighted by atomic mass is 9.94. The molecule has 0 saturated heterocycles. The van der Waals surface area contributed by atoms with Crippen molar-refractivity contribution < 1.29 is 9.90 Å². The first-order valence-corrected chi connectivity index (χ1v) is 7.12. The van der Waals surface area contributed by atoms with E-state index in [1.807, 2.05) is 0 Å². The first-order valence-electron chi connectivity index (χ1n) is 7.12. The minimum atomic E-state index is -0.865. The van der Waals surface area contributed by atoms with Crippen LogP contribution in [0.4, 0.5) is 0 Å². The maximum Gasteiger partial charge on any atom is 0.237 e. The molecule has 1 aliphatic heterocycles. The molecule has 0 bridgehead atoms. The van der Waals surface area contributed by atoms with Gasteiger partial charge in [0.25, 0.3) is 0 Å². The van der Waals surface area contributed by atoms with Gasteiger partial charge in [0.05, 0.1) is 29.4 Å². The van der Waals surface area contributed by atoms with Gasteiger partial charge < -0.3 is 15.4 Å². The third-order valence-electron chi connectivity index (χ3n) is 3.54. The van der Waals surface area contributed by atoms with Crippen LogP contribution in [0.5, 0.6) is 0 Å². The molecule has 6 nitrogen and oxygen atoms in total. The topological polar surface area (TPSA) is 90.0 Å². The maximum atomic E-state index is 12.1. The van der Waals surface area contributed by atoms with Gasteiger partial charge in [-0.15, -0.1) is 0 Å². The Morgan fingerprint density at radius 1 is 1.65 bits per heavy atom. The molecule has 0 saturated carbocycles. The van der Waals surface area contributed by atoms with E-state index in [0.717, 1.165) is 11.4 Å². The number of aromatic amines is 1. The Labute approximate surface area is 119 Å². The van der Waals surface area contributed by atoms with E-state index in [9.17, 15) is 9.90 Å². The molecule has 2 atom stereocenters. The van der Waals surface area contributed by atoms with Crippen LogP contribution in [0.3, 0.4) is 0 Å². The van der Waals surface area contributed by atoms with Crippen LogP contribution in [0.1, 0.15) is 38.6 Å². The number of hydrogen-bond donors (Lipinski definition) is 4. The summed E-state index contributed by atoms with van der Waals surface area (Å²) in [6.07, 6.45) is 2.89. The van der Waals surface area contributed by atoms with Gasteiger partial charge in [0, 0.05) is 19.5 Å². The first-order chi connectivity index (χ1) is 9.37. The molecule has 4 N–H and O–H groups in total. The fourth-order valence-corrected chi connectivity index (χ4v) is 2.71. The predicted molar refractivity (Wildman–Crippen MR) is 76.0 cm³/mol. The molecule has 2 unspecified atom stereocenters. The summed E-state index contributed by atoms with van der Waals surface area (Å²) in [7, 11) is 0. The molecular weight excluding hydrogens is 256 g/mol. The summed E-state index contributed by atoms with van der Waals surface area (Å²) in [5.74, 6) is 0.309. The van der Waals surface area contributed by atoms with Gasteiger partial charge in [-0.05, 0) is 19.3 Å². The van der Waals surface area contributed by atoms with Crippen molar-refractivity contribution in [2.24, 2.45) is 5.92 Å². The molecule has 112 valence electrons. The number of carbonyl (C=O) groups is 1. The zero-order chi connectivity index (χ0) is 14.8. The number of aromatic nitrogens is 2. The van der Waals surface area contributed by atoms with E-state index in [-0.39, 0.29) is 18.5 Å². The standard InChI is InChI=1S/C14H24N4O2/c1-9(2)5-14(3,20)7-16-13(19)11-4-10-12(6-15-11)18-8-17-10/h8-9,11,15,20H,4-7H2,1-3H3,(H,16,19)(H,17,18). The second-order valence-electron chi connectivity index (χ2n) is 6.28. The van der Waals surface area contributed by atoms with Crippen molar-refractivity contribution in [2.45, 2.75) is 51.8 Å². The number of hydrogen-bond acceptors (Lipinski definition) is 4. The number of carbonyl (C=O) groups excluding carboxylic acids is 1. The number of amides is 1. The average Bonchev–Trinajstić information content (AvgIpc) is 2.81. The van der Waals surface area contributed by atoms with E-state index in [1.165, 1.54) is 0 Å². The van der Waals surface area contributed by atoms with Gasteiger partial charge in [0.2, 0.25) is 5.91 Å². The summed E-state index contributed by atoms with van der Waals surface area (Å²) in [6.45, 7) is 6.76. The van der Waals surface area contributed by atoms with Gasteiger partial charge in [-0.1, -0.05) is 13.8 Å². The minimum absolute atomic E-state index is 0.0809. The fourth-order valence-electron chi connectivity index (χ4n) is 2.71. The molecule has 6 heteroatoms. The van der Waals surface area contributed by atoms with Gasteiger partial charge in [-0.25, -0.2) is 4.98 Å². The molecule has 0 aliphatic carbocycles. The number of nitrogens with zero attached hydrogens (tertiary/aromatic N) is 1. The van der Waals surface area contributed by atoms with Crippen LogP contribution in [0.15, 0.2) is 6.33 Å². The van der Waals surface area contributed by atoms with E-state index in [0.29, 0.717) is 25.3 Å². The lowest BCUT2D eigenvalue weighted by Gasteiger charge is -2.28. The van der Waals surface area contributed by atoms with Crippen molar-refractivity contribution in [1.29, 1.82) is 0 Å². The lowest BCUT2D eigenvalue weighted by Crippen LogP contribution is -2.51. The zero-order valence-corrected chi connectivity index (χ0v) is 12.4. The summed E-state index contributed by atoms with van der Waals surface area (Å²) in [5.41, 5.74) is 1.12. The largest absolute Gasteiger partial charge is 0.388 e. The van der Waals surface area contributed by atoms with Crippen LogP contribution in [-0.4, -0.2) is 39.2 Å². The number of H-pyrrole nitrogens is 1. The van der Waals surface area contributed by atoms with E-state index < -0.39 is 5.60 Å². The summed E-state index contributed by atoms with van der Waals surface area (Å²) in [4.78, 5) is 19.4. The molecule has 1 aromatic rings. The van der Waals surface area contributed by atoms with Crippen molar-refractivity contribution in [3.63, 3.8) is 0 Å². The SMILES string of the molecule is CC(C)CC(C)(O)CNC(=O)C1Cc2nc[nH]c2CN1. The van der Waals surface area contributed by atoms with Crippen LogP contribution in [0.2, 0.25) is 0 Å². The van der Waals surface area contributed by atoms with Gasteiger partial charge in [-0.2, -0.15) is 0 Å². The van der Waals surface area contributed by atoms with Crippen molar-refractivity contribution in [1.82, 2.24) is 20.6 Å². The monoisotopic (exact) mass is 280 g/mol. The van der Waals surface area contributed by atoms with E-state index >= 15 is 0 Å². The molecule has 1 aromatic heterocycles. The van der Waals surface area contributed by atoms with Gasteiger partial charge in [-0.3, -0.25) is 10.1 Å². The second kappa shape index (κ2) is 5.93. The van der Waals surface area contributed by atoms with Crippen molar-refractivity contribution in [3.8, 4) is 0 Å². The Morgan fingerprint density at radius 3 is 3.10 bits per heavy atom. The molecule has 20 heavy (non-hydrogen) atoms. The smallest absolute Gasteiger partial charge is 0.237 e. The molecule has 1 aliphatic rings. The maximum absolute atomic E-state index is 12.1. The number of nitrogens with one attached hydrogen (secondary N) is 3. The number of imidazole rings is 1. The molecule has 0 aromatic carbocycles. The highest BCUT2D eigenvalue weighted by Gasteiger charge is 2.28. The summed E-state index contributed by atoms with van der Waals surface area (Å²) >= 11 is 0. The van der Waals surface area contributed by atoms with Gasteiger partial charge in [0.1, 0.15) is 0 Å². The Morgan fingerprint density at radius 2 is 2.40 bits per heavy atom. The number of fused-ring (bicyclic) bond motifs is 1. The average molecular weight is 280 g/mol. The van der Waals surface area contributed by atoms with Crippen LogP contribution >= 0.6 is 0 Å². The Hall–Kier alpha value is -1.40. The molecule has 0 radical (unpaired) electrons. The molecule has 0 spiro atoms. The van der Waals surface area contributed by atoms with Gasteiger partial charge in [0.15, 0.2) is 0 Å². The predicted octanol–water partition coefficient (Wildman–Crippen LogP) is 0.337. The Bertz CT molecular complexity index is 467. The van der Waals surface area contributed by atoms with Crippen molar-refractivity contribution >= 4 is 5.91 Å². The summed E-state index contributed by atoms with van der Waals surface area (Å²) < 4.78 is 0. The van der Waals surface area contributed by atoms with Crippen molar-refractivity contribution in [3.05, 3.63) is 17.7 Å². The molecular formula is C14H24N4O2. The highest BCUT2D eigenvalue weighted by atomic mass is 16.3. The molecule has 2 rings (SSSR count). The normalized spacial score (nSPS) is 21.4. The summed E-state index contributed by atoms with van der Waals surface area (Å²) in [6, 6.07) is -0.277. The van der Waals surface area contributed by atoms with Crippen LogP contribution < -0.4 is 10.6 Å². The fraction of sp³-hybridized carbons (Fsp3) is 0.714. The van der Waals surface area contributed by atoms with Crippen LogP contribution in [-0.2, 0) is 17.8 Å². The second-order valence-corrected chi connectivity index (χ2v) is 6.28. The quantitative estimate of drug-likeness (QED) is 0.626. The van der Waals surface area contributed by atoms with Crippen molar-refractivity contribution in [2.75, 3.05) is 6.54 Å². The van der Waals surface area contributed by atoms with E-state index in [4.69, 9.17) is 0 Å². The van der Waals surface area contributed by atoms with Gasteiger partial charge >= 0.3 is 0 Å². The molecule has 0 fully saturated rings. The molecule has 1 amide bonds. The van der Waals surface area contributed by atoms with E-state index in [2.05, 4.69) is 34.4 Å². The minimum Gasteiger partial charge on any atom is -0.388 e. The first kappa shape index (κ1) is 15.0. The van der Waals surface area contributed by atoms with Crippen LogP contribution in [0, 0.1) is 5.92 Å². The van der Waals surface area contributed by atoms with Crippen LogP contribution in [0.25, 0.3) is 0 Å². The molecule has 2 heterocycles. The lowest BCUT2D eigenvalue weighted by molar-refractivity contribution is -0.124. The summed E-state index contributed by atoms with van der Waals surface area (Å²) in [5, 5.41) is 16.2. The third kappa shape index (κ3) is 3.80. The zero-order valence-electron chi connectivity index (χ0n) is 12.4.